The fourth-order valence-electron chi connectivity index (χ4n) is 2.46. The molecule has 5 heteroatoms. The second kappa shape index (κ2) is 4.14. The van der Waals surface area contributed by atoms with E-state index in [1.807, 2.05) is 55.5 Å². The Labute approximate surface area is 123 Å². The lowest BCUT2D eigenvalue weighted by molar-refractivity contribution is 0.656. The van der Waals surface area contributed by atoms with Crippen molar-refractivity contribution >= 4 is 38.0 Å². The fraction of sp³-hybridized carbons (Fsp3) is 0.133. The zero-order chi connectivity index (χ0) is 13.7. The van der Waals surface area contributed by atoms with Crippen molar-refractivity contribution in [2.75, 3.05) is 5.32 Å². The number of hydrogen-bond donors (Lipinski definition) is 1. The smallest absolute Gasteiger partial charge is 0.167 e. The number of hydrogen-bond acceptors (Lipinski definition) is 4. The summed E-state index contributed by atoms with van der Waals surface area (Å²) in [6.45, 7) is 1.96. The van der Waals surface area contributed by atoms with Crippen molar-refractivity contribution in [2.24, 2.45) is 0 Å². The van der Waals surface area contributed by atoms with Gasteiger partial charge < -0.3 is 5.32 Å². The molecule has 2 heterocycles. The molecule has 1 aliphatic rings. The van der Waals surface area contributed by atoms with Crippen LogP contribution in [0.15, 0.2) is 53.4 Å². The highest BCUT2D eigenvalue weighted by atomic mass is 32.2. The second-order valence-corrected chi connectivity index (χ2v) is 7.73. The summed E-state index contributed by atoms with van der Waals surface area (Å²) in [7, 11) is -1.14. The summed E-state index contributed by atoms with van der Waals surface area (Å²) >= 11 is 1.60. The number of rotatable bonds is 1. The molecule has 3 nitrogen and oxygen atoms in total. The summed E-state index contributed by atoms with van der Waals surface area (Å²) < 4.78 is 13.9. The molecular formula is C15H12N2OS2. The van der Waals surface area contributed by atoms with Crippen molar-refractivity contribution < 1.29 is 4.21 Å². The van der Waals surface area contributed by atoms with E-state index >= 15 is 0 Å². The van der Waals surface area contributed by atoms with Crippen molar-refractivity contribution in [1.82, 2.24) is 4.98 Å². The molecule has 3 aromatic rings. The molecule has 1 aliphatic heterocycles. The Morgan fingerprint density at radius 2 is 1.90 bits per heavy atom. The Balaban J connectivity index is 1.88. The van der Waals surface area contributed by atoms with Gasteiger partial charge in [-0.15, -0.1) is 11.3 Å². The van der Waals surface area contributed by atoms with Crippen molar-refractivity contribution in [2.45, 2.75) is 16.7 Å². The minimum Gasteiger partial charge on any atom is -0.362 e. The number of aromatic nitrogens is 1. The van der Waals surface area contributed by atoms with Gasteiger partial charge in [-0.25, -0.2) is 4.98 Å². The molecular weight excluding hydrogens is 288 g/mol. The zero-order valence-corrected chi connectivity index (χ0v) is 12.4. The number of nitrogens with zero attached hydrogens (tertiary/aromatic N) is 1. The maximum Gasteiger partial charge on any atom is 0.167 e. The number of fused-ring (bicyclic) bond motifs is 2. The van der Waals surface area contributed by atoms with E-state index in [0.29, 0.717) is 0 Å². The molecule has 100 valence electrons. The first-order valence-corrected chi connectivity index (χ1v) is 8.30. The molecule has 0 amide bonds. The maximum absolute atomic E-state index is 12.8. The summed E-state index contributed by atoms with van der Waals surface area (Å²) in [5.41, 5.74) is 1.90. The van der Waals surface area contributed by atoms with Crippen LogP contribution in [0.3, 0.4) is 0 Å². The van der Waals surface area contributed by atoms with Crippen molar-refractivity contribution in [3.63, 3.8) is 0 Å². The third kappa shape index (κ3) is 1.57. The minimum atomic E-state index is -1.14. The van der Waals surface area contributed by atoms with Gasteiger partial charge in [-0.05, 0) is 31.2 Å². The Hall–Kier alpha value is -1.72. The largest absolute Gasteiger partial charge is 0.362 e. The third-order valence-electron chi connectivity index (χ3n) is 3.53. The summed E-state index contributed by atoms with van der Waals surface area (Å²) in [5.74, 6) is 0. The van der Waals surface area contributed by atoms with Crippen LogP contribution >= 0.6 is 11.3 Å². The lowest BCUT2D eigenvalue weighted by atomic mass is 10.3. The van der Waals surface area contributed by atoms with Gasteiger partial charge in [-0.3, -0.25) is 4.21 Å². The van der Waals surface area contributed by atoms with Crippen LogP contribution in [0.2, 0.25) is 0 Å². The average molecular weight is 300 g/mol. The fourth-order valence-corrected chi connectivity index (χ4v) is 5.15. The van der Waals surface area contributed by atoms with Gasteiger partial charge in [0.15, 0.2) is 4.87 Å². The number of benzene rings is 2. The first-order valence-electron chi connectivity index (χ1n) is 6.34. The molecule has 0 aliphatic carbocycles. The highest BCUT2D eigenvalue weighted by molar-refractivity contribution is 7.87. The van der Waals surface area contributed by atoms with Crippen LogP contribution in [0, 0.1) is 0 Å². The van der Waals surface area contributed by atoms with E-state index < -0.39 is 15.7 Å². The molecule has 0 saturated heterocycles. The van der Waals surface area contributed by atoms with Gasteiger partial charge in [0.2, 0.25) is 0 Å². The van der Waals surface area contributed by atoms with Gasteiger partial charge >= 0.3 is 0 Å². The molecule has 0 fully saturated rings. The topological polar surface area (TPSA) is 42.0 Å². The lowest BCUT2D eigenvalue weighted by Crippen LogP contribution is -2.31. The van der Waals surface area contributed by atoms with Crippen LogP contribution in [0.25, 0.3) is 10.2 Å². The molecule has 0 bridgehead atoms. The van der Waals surface area contributed by atoms with Gasteiger partial charge in [-0.2, -0.15) is 0 Å². The van der Waals surface area contributed by atoms with E-state index in [-0.39, 0.29) is 0 Å². The molecule has 4 rings (SSSR count). The first-order chi connectivity index (χ1) is 9.68. The lowest BCUT2D eigenvalue weighted by Gasteiger charge is -2.20. The molecule has 0 radical (unpaired) electrons. The highest BCUT2D eigenvalue weighted by Gasteiger charge is 2.43. The van der Waals surface area contributed by atoms with Crippen LogP contribution < -0.4 is 5.32 Å². The molecule has 1 N–H and O–H groups in total. The SMILES string of the molecule is CC1(c2nc3ccccc3s2)Nc2ccccc2S1=O. The Bertz CT molecular complexity index is 810. The Morgan fingerprint density at radius 1 is 1.15 bits per heavy atom. The van der Waals surface area contributed by atoms with Crippen LogP contribution in [-0.4, -0.2) is 9.19 Å². The van der Waals surface area contributed by atoms with E-state index in [1.54, 1.807) is 11.3 Å². The summed E-state index contributed by atoms with van der Waals surface area (Å²) in [5, 5.41) is 4.25. The average Bonchev–Trinajstić information content (AvgIpc) is 3.01. The number of anilines is 1. The van der Waals surface area contributed by atoms with E-state index in [2.05, 4.69) is 10.3 Å². The summed E-state index contributed by atoms with van der Waals surface area (Å²) in [6.07, 6.45) is 0. The van der Waals surface area contributed by atoms with Gasteiger partial charge in [-0.1, -0.05) is 24.3 Å². The summed E-state index contributed by atoms with van der Waals surface area (Å²) in [4.78, 5) is 4.87. The molecule has 2 atom stereocenters. The van der Waals surface area contributed by atoms with Crippen LogP contribution in [0.1, 0.15) is 11.9 Å². The predicted molar refractivity (Wildman–Crippen MR) is 83.4 cm³/mol. The Kier molecular flexibility index (Phi) is 2.49. The Morgan fingerprint density at radius 3 is 2.70 bits per heavy atom. The number of thiazole rings is 1. The molecule has 2 aromatic carbocycles. The normalized spacial score (nSPS) is 24.6. The van der Waals surface area contributed by atoms with Crippen LogP contribution in [-0.2, 0) is 15.7 Å². The van der Waals surface area contributed by atoms with Gasteiger partial charge in [0.25, 0.3) is 0 Å². The first kappa shape index (κ1) is 12.1. The van der Waals surface area contributed by atoms with E-state index in [9.17, 15) is 4.21 Å². The predicted octanol–water partition coefficient (Wildman–Crippen LogP) is 3.70. The van der Waals surface area contributed by atoms with Crippen LogP contribution in [0.4, 0.5) is 5.69 Å². The zero-order valence-electron chi connectivity index (χ0n) is 10.8. The van der Waals surface area contributed by atoms with E-state index in [1.165, 1.54) is 0 Å². The van der Waals surface area contributed by atoms with Crippen LogP contribution in [0.5, 0.6) is 0 Å². The van der Waals surface area contributed by atoms with Crippen molar-refractivity contribution in [1.29, 1.82) is 0 Å². The van der Waals surface area contributed by atoms with E-state index in [4.69, 9.17) is 0 Å². The summed E-state index contributed by atoms with van der Waals surface area (Å²) in [6, 6.07) is 15.8. The third-order valence-corrected chi connectivity index (χ3v) is 6.71. The van der Waals surface area contributed by atoms with Gasteiger partial charge in [0, 0.05) is 0 Å². The molecule has 1 aromatic heterocycles. The van der Waals surface area contributed by atoms with Gasteiger partial charge in [0.05, 0.1) is 31.6 Å². The minimum absolute atomic E-state index is 0.645. The van der Waals surface area contributed by atoms with Gasteiger partial charge in [0.1, 0.15) is 5.01 Å². The molecule has 0 spiro atoms. The molecule has 0 saturated carbocycles. The van der Waals surface area contributed by atoms with E-state index in [0.717, 1.165) is 25.8 Å². The highest BCUT2D eigenvalue weighted by Crippen LogP contribution is 2.44. The maximum atomic E-state index is 12.8. The standard InChI is InChI=1S/C15H12N2OS2/c1-15(14-16-10-6-2-4-8-12(10)19-14)17-11-7-3-5-9-13(11)20(15)18/h2-9,17H,1H3. The number of para-hydroxylation sites is 2. The number of nitrogens with one attached hydrogen (secondary N) is 1. The van der Waals surface area contributed by atoms with Crippen molar-refractivity contribution in [3.8, 4) is 0 Å². The van der Waals surface area contributed by atoms with Crippen molar-refractivity contribution in [3.05, 3.63) is 53.5 Å². The molecule has 2 unspecified atom stereocenters. The second-order valence-electron chi connectivity index (χ2n) is 4.91. The molecule has 20 heavy (non-hydrogen) atoms. The monoisotopic (exact) mass is 300 g/mol. The quantitative estimate of drug-likeness (QED) is 0.745.